The summed E-state index contributed by atoms with van der Waals surface area (Å²) >= 11 is 0. The molecule has 52 heavy (non-hydrogen) atoms. The highest BCUT2D eigenvalue weighted by Crippen LogP contribution is 2.24. The van der Waals surface area contributed by atoms with Crippen molar-refractivity contribution in [1.29, 1.82) is 0 Å². The lowest BCUT2D eigenvalue weighted by molar-refractivity contribution is -0.138. The molecule has 0 aliphatic carbocycles. The summed E-state index contributed by atoms with van der Waals surface area (Å²) in [5, 5.41) is 9.30. The molecule has 6 aromatic rings. The van der Waals surface area contributed by atoms with Gasteiger partial charge in [-0.05, 0) is 81.3 Å². The van der Waals surface area contributed by atoms with E-state index in [9.17, 15) is 14.7 Å². The SMILES string of the molecule is CCCc1nc(-c2ccccc2)oc1C.Cc1ccc(OC(=O)N(CC(=O)O)Cc2cccc(OCCc3oc(-c4ccccc4)nc3C)c2)cc1. The minimum atomic E-state index is -1.13. The molecule has 6 rings (SSSR count). The number of carbonyl (C=O) groups is 2. The summed E-state index contributed by atoms with van der Waals surface area (Å²) in [4.78, 5) is 34.2. The van der Waals surface area contributed by atoms with Crippen LogP contribution in [0.4, 0.5) is 4.79 Å². The van der Waals surface area contributed by atoms with E-state index in [-0.39, 0.29) is 6.54 Å². The lowest BCUT2D eigenvalue weighted by Gasteiger charge is -2.20. The lowest BCUT2D eigenvalue weighted by Crippen LogP contribution is -2.37. The maximum absolute atomic E-state index is 12.7. The number of aliphatic carboxylic acids is 1. The van der Waals surface area contributed by atoms with Crippen molar-refractivity contribution in [2.75, 3.05) is 13.2 Å². The molecule has 0 atom stereocenters. The van der Waals surface area contributed by atoms with E-state index in [1.807, 2.05) is 93.6 Å². The summed E-state index contributed by atoms with van der Waals surface area (Å²) in [5.41, 5.74) is 5.58. The Morgan fingerprint density at radius 1 is 0.750 bits per heavy atom. The standard InChI is InChI=1S/C29H28N2O6.C13H15NO/c1-20-11-13-24(14-12-20)36-29(34)31(19-27(32)33)18-22-7-6-10-25(17-22)35-16-15-26-21(2)30-28(37-26)23-8-4-3-5-9-23;1-3-7-12-10(2)15-13(14-12)11-8-5-4-6-9-11/h3-14,17H,15-16,18-19H2,1-2H3,(H,32,33);4-6,8-9H,3,7H2,1-2H3. The number of rotatable bonds is 13. The van der Waals surface area contributed by atoms with Gasteiger partial charge in [0, 0.05) is 24.1 Å². The van der Waals surface area contributed by atoms with Gasteiger partial charge in [0.2, 0.25) is 11.8 Å². The number of oxazole rings is 2. The maximum atomic E-state index is 12.7. The first kappa shape index (κ1) is 37.1. The zero-order valence-corrected chi connectivity index (χ0v) is 29.9. The third-order valence-corrected chi connectivity index (χ3v) is 7.99. The molecule has 2 heterocycles. The number of carboxylic acid groups (broad SMARTS) is 1. The van der Waals surface area contributed by atoms with E-state index in [0.717, 1.165) is 63.2 Å². The topological polar surface area (TPSA) is 128 Å². The fourth-order valence-electron chi connectivity index (χ4n) is 5.30. The second-order valence-electron chi connectivity index (χ2n) is 12.2. The van der Waals surface area contributed by atoms with Gasteiger partial charge in [0.05, 0.1) is 18.0 Å². The molecule has 0 aliphatic rings. The number of carboxylic acids is 1. The van der Waals surface area contributed by atoms with Crippen molar-refractivity contribution >= 4 is 12.1 Å². The third-order valence-electron chi connectivity index (χ3n) is 7.99. The fourth-order valence-corrected chi connectivity index (χ4v) is 5.30. The highest BCUT2D eigenvalue weighted by atomic mass is 16.6. The Morgan fingerprint density at radius 3 is 2.04 bits per heavy atom. The van der Waals surface area contributed by atoms with Crippen molar-refractivity contribution < 1.29 is 33.0 Å². The van der Waals surface area contributed by atoms with Gasteiger partial charge in [-0.1, -0.05) is 79.6 Å². The molecule has 10 nitrogen and oxygen atoms in total. The summed E-state index contributed by atoms with van der Waals surface area (Å²) in [6.07, 6.45) is 1.88. The molecule has 1 amide bonds. The Morgan fingerprint density at radius 2 is 1.40 bits per heavy atom. The first-order chi connectivity index (χ1) is 25.2. The fraction of sp³-hybridized carbons (Fsp3) is 0.238. The van der Waals surface area contributed by atoms with E-state index in [0.29, 0.717) is 36.0 Å². The molecule has 268 valence electrons. The Balaban J connectivity index is 0.000000289. The number of carbonyl (C=O) groups excluding carboxylic acids is 1. The first-order valence-electron chi connectivity index (χ1n) is 17.2. The molecular weight excluding hydrogens is 658 g/mol. The van der Waals surface area contributed by atoms with Gasteiger partial charge in [-0.2, -0.15) is 0 Å². The molecule has 0 saturated carbocycles. The predicted octanol–water partition coefficient (Wildman–Crippen LogP) is 9.27. The molecule has 10 heteroatoms. The van der Waals surface area contributed by atoms with Gasteiger partial charge < -0.3 is 23.4 Å². The van der Waals surface area contributed by atoms with Crippen LogP contribution in [-0.4, -0.2) is 45.2 Å². The van der Waals surface area contributed by atoms with Gasteiger partial charge in [-0.25, -0.2) is 14.8 Å². The van der Waals surface area contributed by atoms with Gasteiger partial charge in [-0.3, -0.25) is 9.69 Å². The summed E-state index contributed by atoms with van der Waals surface area (Å²) in [5.74, 6) is 2.81. The largest absolute Gasteiger partial charge is 0.493 e. The summed E-state index contributed by atoms with van der Waals surface area (Å²) in [6, 6.07) is 33.8. The minimum absolute atomic E-state index is 0.0514. The van der Waals surface area contributed by atoms with Crippen molar-refractivity contribution in [3.05, 3.63) is 143 Å². The average Bonchev–Trinajstić information content (AvgIpc) is 3.71. The molecule has 1 N–H and O–H groups in total. The number of benzene rings is 4. The van der Waals surface area contributed by atoms with Crippen LogP contribution in [0.5, 0.6) is 11.5 Å². The van der Waals surface area contributed by atoms with E-state index in [4.69, 9.17) is 18.3 Å². The number of aromatic nitrogens is 2. The van der Waals surface area contributed by atoms with Crippen molar-refractivity contribution in [3.63, 3.8) is 0 Å². The number of ether oxygens (including phenoxy) is 2. The predicted molar refractivity (Wildman–Crippen MR) is 198 cm³/mol. The molecule has 0 fully saturated rings. The molecule has 0 spiro atoms. The number of hydrogen-bond acceptors (Lipinski definition) is 8. The molecule has 4 aromatic carbocycles. The van der Waals surface area contributed by atoms with E-state index in [2.05, 4.69) is 16.9 Å². The van der Waals surface area contributed by atoms with E-state index >= 15 is 0 Å². The maximum Gasteiger partial charge on any atom is 0.416 e. The van der Waals surface area contributed by atoms with Crippen LogP contribution in [0, 0.1) is 20.8 Å². The van der Waals surface area contributed by atoms with Crippen molar-refractivity contribution in [3.8, 4) is 34.4 Å². The number of nitrogens with zero attached hydrogens (tertiary/aromatic N) is 3. The Kier molecular flexibility index (Phi) is 13.0. The monoisotopic (exact) mass is 701 g/mol. The molecule has 0 bridgehead atoms. The van der Waals surface area contributed by atoms with Crippen molar-refractivity contribution in [2.45, 2.75) is 53.5 Å². The minimum Gasteiger partial charge on any atom is -0.493 e. The highest BCUT2D eigenvalue weighted by molar-refractivity contribution is 5.78. The van der Waals surface area contributed by atoms with Crippen LogP contribution in [0.25, 0.3) is 22.9 Å². The third kappa shape index (κ3) is 10.7. The first-order valence-corrected chi connectivity index (χ1v) is 17.2. The highest BCUT2D eigenvalue weighted by Gasteiger charge is 2.20. The Labute approximate surface area is 303 Å². The van der Waals surface area contributed by atoms with E-state index in [1.165, 1.54) is 0 Å². The van der Waals surface area contributed by atoms with Crippen LogP contribution < -0.4 is 9.47 Å². The Hall–Kier alpha value is -6.16. The smallest absolute Gasteiger partial charge is 0.416 e. The normalized spacial score (nSPS) is 10.6. The van der Waals surface area contributed by atoms with Crippen LogP contribution in [0.1, 0.15) is 47.4 Å². The molecule has 2 aromatic heterocycles. The second-order valence-corrected chi connectivity index (χ2v) is 12.2. The van der Waals surface area contributed by atoms with Crippen LogP contribution in [0.15, 0.2) is 118 Å². The quantitative estimate of drug-likeness (QED) is 0.125. The van der Waals surface area contributed by atoms with Gasteiger partial charge >= 0.3 is 12.1 Å². The number of amides is 1. The summed E-state index contributed by atoms with van der Waals surface area (Å²) in [6.45, 7) is 7.87. The zero-order valence-electron chi connectivity index (χ0n) is 29.9. The summed E-state index contributed by atoms with van der Waals surface area (Å²) in [7, 11) is 0. The Bertz CT molecular complexity index is 2040. The van der Waals surface area contributed by atoms with Crippen molar-refractivity contribution in [1.82, 2.24) is 14.9 Å². The van der Waals surface area contributed by atoms with Crippen LogP contribution in [0.2, 0.25) is 0 Å². The van der Waals surface area contributed by atoms with Crippen LogP contribution >= 0.6 is 0 Å². The van der Waals surface area contributed by atoms with Crippen LogP contribution in [-0.2, 0) is 24.2 Å². The van der Waals surface area contributed by atoms with E-state index in [1.54, 1.807) is 36.4 Å². The van der Waals surface area contributed by atoms with Crippen molar-refractivity contribution in [2.24, 2.45) is 0 Å². The number of aryl methyl sites for hydroxylation is 4. The van der Waals surface area contributed by atoms with Crippen LogP contribution in [0.3, 0.4) is 0 Å². The van der Waals surface area contributed by atoms with E-state index < -0.39 is 18.6 Å². The van der Waals surface area contributed by atoms with Gasteiger partial charge in [0.15, 0.2) is 0 Å². The molecular formula is C42H43N3O7. The average molecular weight is 702 g/mol. The molecule has 0 radical (unpaired) electrons. The summed E-state index contributed by atoms with van der Waals surface area (Å²) < 4.78 is 22.9. The lowest BCUT2D eigenvalue weighted by atomic mass is 10.2. The molecule has 0 unspecified atom stereocenters. The number of hydrogen-bond donors (Lipinski definition) is 1. The second kappa shape index (κ2) is 18.2. The molecule has 0 saturated heterocycles. The van der Waals surface area contributed by atoms with Gasteiger partial charge in [0.25, 0.3) is 0 Å². The zero-order chi connectivity index (χ0) is 36.9. The van der Waals surface area contributed by atoms with Gasteiger partial charge in [0.1, 0.15) is 29.6 Å². The molecule has 0 aliphatic heterocycles. The van der Waals surface area contributed by atoms with Gasteiger partial charge in [-0.15, -0.1) is 0 Å².